The average molecular weight is 387 g/mol. The van der Waals surface area contributed by atoms with Crippen LogP contribution in [0.1, 0.15) is 12.0 Å². The molecule has 0 fully saturated rings. The SMILES string of the molecule is CN[C@@H](Cc1ccccc1)C(=O)O[C@@H]1OC=C(C(=O)OC)[C@H]2CC=C(CO)[C@@H]12. The molecule has 150 valence electrons. The van der Waals surface area contributed by atoms with Crippen LogP contribution in [0, 0.1) is 11.8 Å². The number of hydrogen-bond donors (Lipinski definition) is 2. The van der Waals surface area contributed by atoms with E-state index in [2.05, 4.69) is 5.32 Å². The number of fused-ring (bicyclic) bond motifs is 1. The van der Waals surface area contributed by atoms with E-state index in [0.717, 1.165) is 5.56 Å². The smallest absolute Gasteiger partial charge is 0.337 e. The number of aliphatic hydroxyl groups excluding tert-OH is 1. The van der Waals surface area contributed by atoms with Crippen LogP contribution in [0.2, 0.25) is 0 Å². The van der Waals surface area contributed by atoms with E-state index in [0.29, 0.717) is 24.0 Å². The predicted molar refractivity (Wildman–Crippen MR) is 101 cm³/mol. The van der Waals surface area contributed by atoms with Gasteiger partial charge in [0.05, 0.1) is 31.5 Å². The number of likely N-dealkylation sites (N-methyl/N-ethyl adjacent to an activating group) is 1. The third-order valence-corrected chi connectivity index (χ3v) is 5.27. The Morgan fingerprint density at radius 3 is 2.71 bits per heavy atom. The van der Waals surface area contributed by atoms with Gasteiger partial charge in [-0.15, -0.1) is 0 Å². The van der Waals surface area contributed by atoms with Gasteiger partial charge < -0.3 is 24.6 Å². The molecule has 0 unspecified atom stereocenters. The van der Waals surface area contributed by atoms with Crippen LogP contribution in [-0.2, 0) is 30.2 Å². The summed E-state index contributed by atoms with van der Waals surface area (Å²) in [5.41, 5.74) is 2.08. The van der Waals surface area contributed by atoms with Gasteiger partial charge in [0.15, 0.2) is 0 Å². The molecule has 1 aliphatic heterocycles. The summed E-state index contributed by atoms with van der Waals surface area (Å²) >= 11 is 0. The molecule has 2 N–H and O–H groups in total. The quantitative estimate of drug-likeness (QED) is 0.538. The number of carbonyl (C=O) groups excluding carboxylic acids is 2. The van der Waals surface area contributed by atoms with E-state index >= 15 is 0 Å². The Morgan fingerprint density at radius 2 is 2.07 bits per heavy atom. The lowest BCUT2D eigenvalue weighted by molar-refractivity contribution is -0.184. The monoisotopic (exact) mass is 387 g/mol. The first-order valence-electron chi connectivity index (χ1n) is 9.24. The topological polar surface area (TPSA) is 94.1 Å². The fourth-order valence-corrected chi connectivity index (χ4v) is 3.75. The Hall–Kier alpha value is -2.64. The Balaban J connectivity index is 1.74. The molecule has 4 atom stereocenters. The molecular weight excluding hydrogens is 362 g/mol. The van der Waals surface area contributed by atoms with Gasteiger partial charge in [0.2, 0.25) is 0 Å². The molecule has 1 heterocycles. The second-order valence-corrected chi connectivity index (χ2v) is 6.84. The van der Waals surface area contributed by atoms with Crippen LogP contribution in [0.4, 0.5) is 0 Å². The molecule has 0 saturated heterocycles. The van der Waals surface area contributed by atoms with Gasteiger partial charge in [-0.25, -0.2) is 4.79 Å². The van der Waals surface area contributed by atoms with Gasteiger partial charge in [0.25, 0.3) is 6.29 Å². The van der Waals surface area contributed by atoms with Crippen LogP contribution in [0.15, 0.2) is 53.8 Å². The van der Waals surface area contributed by atoms with Crippen molar-refractivity contribution in [3.05, 3.63) is 59.4 Å². The summed E-state index contributed by atoms with van der Waals surface area (Å²) in [6, 6.07) is 9.09. The molecule has 1 aliphatic carbocycles. The van der Waals surface area contributed by atoms with E-state index in [4.69, 9.17) is 14.2 Å². The molecule has 0 radical (unpaired) electrons. The van der Waals surface area contributed by atoms with E-state index in [1.165, 1.54) is 13.4 Å². The summed E-state index contributed by atoms with van der Waals surface area (Å²) in [7, 11) is 3.00. The standard InChI is InChI=1S/C21H25NO6/c1-22-17(10-13-6-4-3-5-7-13)20(25)28-21-18-14(11-23)8-9-15(18)16(12-27-21)19(24)26-2/h3-8,12,15,17-18,21-23H,9-11H2,1-2H3/t15-,17+,18-,21+/m1/s1. The third kappa shape index (κ3) is 4.10. The normalized spacial score (nSPS) is 24.3. The first kappa shape index (κ1) is 20.1. The molecule has 7 heteroatoms. The molecule has 1 aromatic carbocycles. The molecular formula is C21H25NO6. The van der Waals surface area contributed by atoms with Crippen LogP contribution in [0.3, 0.4) is 0 Å². The lowest BCUT2D eigenvalue weighted by Crippen LogP contribution is -2.44. The Morgan fingerprint density at radius 1 is 1.32 bits per heavy atom. The fraction of sp³-hybridized carbons (Fsp3) is 0.429. The van der Waals surface area contributed by atoms with Crippen molar-refractivity contribution >= 4 is 11.9 Å². The minimum Gasteiger partial charge on any atom is -0.466 e. The van der Waals surface area contributed by atoms with E-state index in [1.54, 1.807) is 7.05 Å². The lowest BCUT2D eigenvalue weighted by atomic mass is 9.83. The highest BCUT2D eigenvalue weighted by Gasteiger charge is 2.46. The van der Waals surface area contributed by atoms with Crippen molar-refractivity contribution in [3.63, 3.8) is 0 Å². The number of ether oxygens (including phenoxy) is 3. The summed E-state index contributed by atoms with van der Waals surface area (Å²) < 4.78 is 16.1. The number of aliphatic hydroxyl groups is 1. The highest BCUT2D eigenvalue weighted by Crippen LogP contribution is 2.43. The Kier molecular flexibility index (Phi) is 6.49. The Bertz CT molecular complexity index is 772. The number of hydrogen-bond acceptors (Lipinski definition) is 7. The van der Waals surface area contributed by atoms with Crippen molar-refractivity contribution in [2.24, 2.45) is 11.8 Å². The predicted octanol–water partition coefficient (Wildman–Crippen LogP) is 1.33. The van der Waals surface area contributed by atoms with Crippen molar-refractivity contribution < 1.29 is 28.9 Å². The molecule has 7 nitrogen and oxygen atoms in total. The largest absolute Gasteiger partial charge is 0.466 e. The summed E-state index contributed by atoms with van der Waals surface area (Å²) in [6.07, 6.45) is 3.30. The fourth-order valence-electron chi connectivity index (χ4n) is 3.75. The van der Waals surface area contributed by atoms with E-state index in [-0.39, 0.29) is 12.5 Å². The summed E-state index contributed by atoms with van der Waals surface area (Å²) in [5, 5.41) is 12.7. The lowest BCUT2D eigenvalue weighted by Gasteiger charge is -2.34. The summed E-state index contributed by atoms with van der Waals surface area (Å²) in [4.78, 5) is 24.8. The molecule has 3 rings (SSSR count). The number of allylic oxidation sites excluding steroid dienone is 1. The van der Waals surface area contributed by atoms with Gasteiger partial charge in [-0.3, -0.25) is 4.79 Å². The zero-order valence-electron chi connectivity index (χ0n) is 16.0. The molecule has 0 amide bonds. The Labute approximate surface area is 164 Å². The maximum atomic E-state index is 12.7. The van der Waals surface area contributed by atoms with E-state index < -0.39 is 30.2 Å². The first-order chi connectivity index (χ1) is 13.6. The minimum atomic E-state index is -0.904. The maximum absolute atomic E-state index is 12.7. The van der Waals surface area contributed by atoms with Crippen LogP contribution in [0.5, 0.6) is 0 Å². The highest BCUT2D eigenvalue weighted by molar-refractivity contribution is 5.89. The summed E-state index contributed by atoms with van der Waals surface area (Å²) in [5.74, 6) is -1.59. The van der Waals surface area contributed by atoms with Gasteiger partial charge in [0, 0.05) is 5.92 Å². The zero-order valence-corrected chi connectivity index (χ0v) is 16.0. The molecule has 1 aromatic rings. The highest BCUT2D eigenvalue weighted by atomic mass is 16.7. The van der Waals surface area contributed by atoms with Gasteiger partial charge in [-0.2, -0.15) is 0 Å². The van der Waals surface area contributed by atoms with Gasteiger partial charge >= 0.3 is 11.9 Å². The number of rotatable bonds is 7. The second-order valence-electron chi connectivity index (χ2n) is 6.84. The molecule has 0 spiro atoms. The average Bonchev–Trinajstić information content (AvgIpc) is 3.17. The molecule has 0 bridgehead atoms. The van der Waals surface area contributed by atoms with Gasteiger partial charge in [0.1, 0.15) is 6.04 Å². The number of methoxy groups -OCH3 is 1. The van der Waals surface area contributed by atoms with E-state index in [9.17, 15) is 14.7 Å². The van der Waals surface area contributed by atoms with Gasteiger partial charge in [-0.1, -0.05) is 36.4 Å². The number of nitrogens with one attached hydrogen (secondary N) is 1. The van der Waals surface area contributed by atoms with Crippen LogP contribution >= 0.6 is 0 Å². The number of esters is 2. The summed E-state index contributed by atoms with van der Waals surface area (Å²) in [6.45, 7) is -0.188. The van der Waals surface area contributed by atoms with Crippen molar-refractivity contribution in [3.8, 4) is 0 Å². The first-order valence-corrected chi connectivity index (χ1v) is 9.24. The van der Waals surface area contributed by atoms with E-state index in [1.807, 2.05) is 36.4 Å². The van der Waals surface area contributed by atoms with Crippen molar-refractivity contribution in [1.29, 1.82) is 0 Å². The number of carbonyl (C=O) groups is 2. The molecule has 28 heavy (non-hydrogen) atoms. The molecule has 0 saturated carbocycles. The van der Waals surface area contributed by atoms with Crippen molar-refractivity contribution in [2.75, 3.05) is 20.8 Å². The molecule has 2 aliphatic rings. The molecule has 0 aromatic heterocycles. The maximum Gasteiger partial charge on any atom is 0.337 e. The minimum absolute atomic E-state index is 0.188. The zero-order chi connectivity index (χ0) is 20.1. The second kappa shape index (κ2) is 9.03. The van der Waals surface area contributed by atoms with Crippen LogP contribution in [0.25, 0.3) is 0 Å². The van der Waals surface area contributed by atoms with Crippen molar-refractivity contribution in [1.82, 2.24) is 5.32 Å². The van der Waals surface area contributed by atoms with Crippen LogP contribution in [-0.4, -0.2) is 50.1 Å². The van der Waals surface area contributed by atoms with Gasteiger partial charge in [-0.05, 0) is 31.0 Å². The van der Waals surface area contributed by atoms with Crippen LogP contribution < -0.4 is 5.32 Å². The van der Waals surface area contributed by atoms with Crippen molar-refractivity contribution in [2.45, 2.75) is 25.2 Å². The number of benzene rings is 1. The third-order valence-electron chi connectivity index (χ3n) is 5.27.